The van der Waals surface area contributed by atoms with Gasteiger partial charge in [-0.15, -0.1) is 11.3 Å². The lowest BCUT2D eigenvalue weighted by Crippen LogP contribution is -2.37. The number of benzene rings is 1. The van der Waals surface area contributed by atoms with Crippen molar-refractivity contribution >= 4 is 32.9 Å². The molecule has 0 aliphatic carbocycles. The number of thiazole rings is 1. The number of anilines is 2. The zero-order valence-electron chi connectivity index (χ0n) is 12.0. The number of nitrogen functional groups attached to an aromatic ring is 1. The van der Waals surface area contributed by atoms with Gasteiger partial charge in [-0.1, -0.05) is 0 Å². The summed E-state index contributed by atoms with van der Waals surface area (Å²) in [7, 11) is 0. The van der Waals surface area contributed by atoms with Crippen LogP contribution in [-0.4, -0.2) is 29.3 Å². The van der Waals surface area contributed by atoms with Gasteiger partial charge in [-0.25, -0.2) is 4.98 Å². The van der Waals surface area contributed by atoms with Crippen molar-refractivity contribution in [2.24, 2.45) is 5.92 Å². The van der Waals surface area contributed by atoms with E-state index in [0.29, 0.717) is 5.92 Å². The van der Waals surface area contributed by atoms with Gasteiger partial charge >= 0.3 is 0 Å². The molecule has 4 nitrogen and oxygen atoms in total. The average Bonchev–Trinajstić information content (AvgIpc) is 2.77. The molecule has 108 valence electrons. The van der Waals surface area contributed by atoms with Crippen LogP contribution in [0.1, 0.15) is 24.8 Å². The minimum atomic E-state index is -0.210. The minimum Gasteiger partial charge on any atom is -0.397 e. The quantitative estimate of drug-likeness (QED) is 0.835. The van der Waals surface area contributed by atoms with Crippen molar-refractivity contribution < 1.29 is 5.11 Å². The van der Waals surface area contributed by atoms with Crippen LogP contribution in [0.5, 0.6) is 0 Å². The molecular weight excluding hydrogens is 270 g/mol. The molecule has 1 aromatic carbocycles. The van der Waals surface area contributed by atoms with Crippen molar-refractivity contribution in [1.82, 2.24) is 4.98 Å². The van der Waals surface area contributed by atoms with E-state index in [4.69, 9.17) is 5.73 Å². The Morgan fingerprint density at radius 1 is 1.40 bits per heavy atom. The van der Waals surface area contributed by atoms with Gasteiger partial charge in [0.2, 0.25) is 0 Å². The van der Waals surface area contributed by atoms with Gasteiger partial charge in [0, 0.05) is 13.1 Å². The lowest BCUT2D eigenvalue weighted by Gasteiger charge is -2.35. The summed E-state index contributed by atoms with van der Waals surface area (Å²) in [4.78, 5) is 6.87. The molecule has 0 bridgehead atoms. The van der Waals surface area contributed by atoms with Crippen LogP contribution in [0, 0.1) is 12.8 Å². The Kier molecular flexibility index (Phi) is 3.56. The van der Waals surface area contributed by atoms with Crippen molar-refractivity contribution in [3.63, 3.8) is 0 Å². The third-order valence-electron chi connectivity index (χ3n) is 4.21. The molecule has 1 fully saturated rings. The first-order valence-corrected chi connectivity index (χ1v) is 7.96. The van der Waals surface area contributed by atoms with Gasteiger partial charge in [0.05, 0.1) is 32.7 Å². The Labute approximate surface area is 123 Å². The highest BCUT2D eigenvalue weighted by atomic mass is 32.1. The predicted molar refractivity (Wildman–Crippen MR) is 85.4 cm³/mol. The highest BCUT2D eigenvalue weighted by Gasteiger charge is 2.24. The molecule has 5 heteroatoms. The Hall–Kier alpha value is -1.33. The minimum absolute atomic E-state index is 0.210. The van der Waals surface area contributed by atoms with Crippen molar-refractivity contribution in [3.8, 4) is 0 Å². The standard InChI is InChI=1S/C15H21N3OS/c1-9(19)11-3-5-18(6-4-11)14-8-13-15(7-12(14)16)20-10(2)17-13/h7-9,11,19H,3-6,16H2,1-2H3. The molecule has 0 spiro atoms. The molecule has 1 aromatic heterocycles. The summed E-state index contributed by atoms with van der Waals surface area (Å²) in [5, 5.41) is 10.8. The number of piperidine rings is 1. The van der Waals surface area contributed by atoms with E-state index in [1.54, 1.807) is 11.3 Å². The fourth-order valence-electron chi connectivity index (χ4n) is 2.99. The smallest absolute Gasteiger partial charge is 0.0907 e. The summed E-state index contributed by atoms with van der Waals surface area (Å²) < 4.78 is 1.16. The monoisotopic (exact) mass is 291 g/mol. The van der Waals surface area contributed by atoms with E-state index in [1.807, 2.05) is 19.9 Å². The lowest BCUT2D eigenvalue weighted by atomic mass is 9.92. The number of aromatic nitrogens is 1. The number of aliphatic hydroxyl groups excluding tert-OH is 1. The zero-order chi connectivity index (χ0) is 14.3. The molecule has 1 saturated heterocycles. The van der Waals surface area contributed by atoms with E-state index in [9.17, 15) is 5.11 Å². The van der Waals surface area contributed by atoms with Crippen LogP contribution in [0.15, 0.2) is 12.1 Å². The van der Waals surface area contributed by atoms with Crippen LogP contribution >= 0.6 is 11.3 Å². The number of aliphatic hydroxyl groups is 1. The average molecular weight is 291 g/mol. The van der Waals surface area contributed by atoms with Crippen LogP contribution in [0.4, 0.5) is 11.4 Å². The summed E-state index contributed by atoms with van der Waals surface area (Å²) in [6.07, 6.45) is 1.83. The van der Waals surface area contributed by atoms with Crippen molar-refractivity contribution in [2.45, 2.75) is 32.8 Å². The molecule has 1 aliphatic rings. The summed E-state index contributed by atoms with van der Waals surface area (Å²) >= 11 is 1.68. The maximum absolute atomic E-state index is 9.68. The van der Waals surface area contributed by atoms with Crippen molar-refractivity contribution in [3.05, 3.63) is 17.1 Å². The number of rotatable bonds is 2. The highest BCUT2D eigenvalue weighted by Crippen LogP contribution is 2.34. The number of fused-ring (bicyclic) bond motifs is 1. The van der Waals surface area contributed by atoms with Gasteiger partial charge in [0.15, 0.2) is 0 Å². The van der Waals surface area contributed by atoms with E-state index >= 15 is 0 Å². The molecule has 20 heavy (non-hydrogen) atoms. The molecule has 0 saturated carbocycles. The van der Waals surface area contributed by atoms with E-state index in [2.05, 4.69) is 16.0 Å². The molecule has 3 N–H and O–H groups in total. The van der Waals surface area contributed by atoms with Crippen molar-refractivity contribution in [2.75, 3.05) is 23.7 Å². The fourth-order valence-corrected chi connectivity index (χ4v) is 3.85. The van der Waals surface area contributed by atoms with Crippen LogP contribution in [-0.2, 0) is 0 Å². The number of nitrogens with two attached hydrogens (primary N) is 1. The van der Waals surface area contributed by atoms with Crippen LogP contribution < -0.4 is 10.6 Å². The first-order valence-electron chi connectivity index (χ1n) is 7.14. The van der Waals surface area contributed by atoms with Gasteiger partial charge in [-0.2, -0.15) is 0 Å². The predicted octanol–water partition coefficient (Wildman–Crippen LogP) is 2.78. The molecule has 1 unspecified atom stereocenters. The van der Waals surface area contributed by atoms with Crippen molar-refractivity contribution in [1.29, 1.82) is 0 Å². The Morgan fingerprint density at radius 2 is 2.10 bits per heavy atom. The molecule has 2 heterocycles. The molecule has 1 aliphatic heterocycles. The summed E-state index contributed by atoms with van der Waals surface area (Å²) in [6.45, 7) is 5.82. The number of hydrogen-bond donors (Lipinski definition) is 2. The molecule has 0 radical (unpaired) electrons. The van der Waals surface area contributed by atoms with Crippen LogP contribution in [0.2, 0.25) is 0 Å². The topological polar surface area (TPSA) is 62.4 Å². The normalized spacial score (nSPS) is 18.6. The second kappa shape index (κ2) is 5.22. The second-order valence-electron chi connectivity index (χ2n) is 5.68. The van der Waals surface area contributed by atoms with E-state index in [1.165, 1.54) is 0 Å². The Morgan fingerprint density at radius 3 is 2.75 bits per heavy atom. The van der Waals surface area contributed by atoms with Gasteiger partial charge in [-0.3, -0.25) is 0 Å². The lowest BCUT2D eigenvalue weighted by molar-refractivity contribution is 0.110. The molecule has 0 amide bonds. The fraction of sp³-hybridized carbons (Fsp3) is 0.533. The number of hydrogen-bond acceptors (Lipinski definition) is 5. The highest BCUT2D eigenvalue weighted by molar-refractivity contribution is 7.18. The zero-order valence-corrected chi connectivity index (χ0v) is 12.8. The van der Waals surface area contributed by atoms with Crippen LogP contribution in [0.3, 0.4) is 0 Å². The Balaban J connectivity index is 1.85. The summed E-state index contributed by atoms with van der Waals surface area (Å²) in [5.41, 5.74) is 9.17. The largest absolute Gasteiger partial charge is 0.397 e. The van der Waals surface area contributed by atoms with Gasteiger partial charge in [0.25, 0.3) is 0 Å². The van der Waals surface area contributed by atoms with E-state index < -0.39 is 0 Å². The Bertz CT molecular complexity index is 615. The number of aryl methyl sites for hydroxylation is 1. The second-order valence-corrected chi connectivity index (χ2v) is 6.91. The van der Waals surface area contributed by atoms with Gasteiger partial charge < -0.3 is 15.7 Å². The molecule has 2 aromatic rings. The molecule has 1 atom stereocenters. The van der Waals surface area contributed by atoms with Gasteiger partial charge in [0.1, 0.15) is 0 Å². The third-order valence-corrected chi connectivity index (χ3v) is 5.14. The maximum atomic E-state index is 9.68. The molecular formula is C15H21N3OS. The summed E-state index contributed by atoms with van der Waals surface area (Å²) in [6, 6.07) is 4.15. The molecule has 3 rings (SSSR count). The van der Waals surface area contributed by atoms with E-state index in [0.717, 1.165) is 52.5 Å². The first-order chi connectivity index (χ1) is 9.54. The van der Waals surface area contributed by atoms with E-state index in [-0.39, 0.29) is 6.10 Å². The summed E-state index contributed by atoms with van der Waals surface area (Å²) in [5.74, 6) is 0.415. The van der Waals surface area contributed by atoms with Crippen LogP contribution in [0.25, 0.3) is 10.2 Å². The first kappa shape index (κ1) is 13.6. The number of nitrogens with zero attached hydrogens (tertiary/aromatic N) is 2. The maximum Gasteiger partial charge on any atom is 0.0907 e. The SMILES string of the molecule is Cc1nc2cc(N3CCC(C(C)O)CC3)c(N)cc2s1. The third kappa shape index (κ3) is 2.47. The van der Waals surface area contributed by atoms with Gasteiger partial charge in [-0.05, 0) is 44.7 Å².